The Bertz CT molecular complexity index is 1960. The zero-order valence-corrected chi connectivity index (χ0v) is 33.2. The van der Waals surface area contributed by atoms with Crippen molar-refractivity contribution in [3.05, 3.63) is 120 Å². The molecule has 0 saturated carbocycles. The maximum atomic E-state index is 12.5. The van der Waals surface area contributed by atoms with Gasteiger partial charge in [0.2, 0.25) is 0 Å². The van der Waals surface area contributed by atoms with E-state index in [4.69, 9.17) is 28.3 Å². The highest BCUT2D eigenvalue weighted by Gasteiger charge is 2.20. The molecule has 294 valence electrons. The van der Waals surface area contributed by atoms with Crippen molar-refractivity contribution < 1.29 is 51.5 Å². The van der Waals surface area contributed by atoms with Crippen molar-refractivity contribution in [3.63, 3.8) is 0 Å². The van der Waals surface area contributed by atoms with E-state index in [1.807, 2.05) is 71.8 Å². The van der Waals surface area contributed by atoms with Crippen LogP contribution in [0.5, 0.6) is 5.75 Å². The van der Waals surface area contributed by atoms with Gasteiger partial charge in [-0.05, 0) is 55.5 Å². The molecule has 1 atom stereocenters. The maximum Gasteiger partial charge on any atom is 0.376 e. The fourth-order valence-electron chi connectivity index (χ4n) is 6.01. The topological polar surface area (TPSA) is 156 Å². The Morgan fingerprint density at radius 1 is 0.636 bits per heavy atom. The van der Waals surface area contributed by atoms with Gasteiger partial charge in [0.15, 0.2) is 43.6 Å². The molecule has 5 rings (SSSR count). The molecule has 14 heteroatoms. The third kappa shape index (κ3) is 15.2. The number of rotatable bonds is 24. The maximum absolute atomic E-state index is 12.5. The second kappa shape index (κ2) is 21.3. The number of ether oxygens (including phenoxy) is 2. The molecular weight excluding hydrogens is 740 g/mol. The lowest BCUT2D eigenvalue weighted by Gasteiger charge is -2.13. The molecule has 3 N–H and O–H groups in total. The predicted octanol–water partition coefficient (Wildman–Crippen LogP) is 7.71. The Balaban J connectivity index is 1.03. The van der Waals surface area contributed by atoms with Gasteiger partial charge in [0.25, 0.3) is 0 Å². The number of benzene rings is 2. The Labute approximate surface area is 323 Å². The van der Waals surface area contributed by atoms with Gasteiger partial charge in [-0.25, -0.2) is 13.7 Å². The molecular formula is C41H53N3O9P2+2. The normalized spacial score (nSPS) is 12.8. The van der Waals surface area contributed by atoms with Crippen LogP contribution in [0.3, 0.4) is 0 Å². The van der Waals surface area contributed by atoms with Gasteiger partial charge >= 0.3 is 15.2 Å². The van der Waals surface area contributed by atoms with Gasteiger partial charge in [0.1, 0.15) is 11.4 Å². The summed E-state index contributed by atoms with van der Waals surface area (Å²) in [5, 5.41) is 4.31. The first-order valence-corrected chi connectivity index (χ1v) is 22.4. The highest BCUT2D eigenvalue weighted by atomic mass is 31.2. The molecule has 0 saturated heterocycles. The van der Waals surface area contributed by atoms with Gasteiger partial charge < -0.3 is 33.2 Å². The standard InChI is InChI=1S/C41H51N3O9P2/c1-50-26-6-2-5-9-29-55(48,49)53-39-16-14-35(15-17-39)32-44-24-20-38(21-25-44)41-30-40(42-52-41)37-18-22-43(23-19-37)31-34-10-12-36(13-11-34)33-51-27-7-3-4-8-28-54(45,46)47/h10-25,30H,2-9,26-29,31-33H2,1H3,(H-2,45,46,47,48,49)/p+2. The number of methoxy groups -OCH3 is 1. The second-order valence-electron chi connectivity index (χ2n) is 13.8. The molecule has 0 aliphatic carbocycles. The van der Waals surface area contributed by atoms with E-state index in [9.17, 15) is 14.0 Å². The molecule has 3 aromatic heterocycles. The Morgan fingerprint density at radius 3 is 1.76 bits per heavy atom. The van der Waals surface area contributed by atoms with Crippen LogP contribution in [0.25, 0.3) is 22.6 Å². The summed E-state index contributed by atoms with van der Waals surface area (Å²) in [4.78, 5) is 28.1. The van der Waals surface area contributed by atoms with Crippen LogP contribution in [0.2, 0.25) is 0 Å². The molecule has 0 aliphatic rings. The van der Waals surface area contributed by atoms with E-state index in [-0.39, 0.29) is 12.3 Å². The Hall–Kier alpha value is -3.99. The van der Waals surface area contributed by atoms with E-state index >= 15 is 0 Å². The molecule has 1 unspecified atom stereocenters. The number of hydrogen-bond acceptors (Lipinski definition) is 7. The SMILES string of the molecule is COCCCCCCP(=O)(O)Oc1ccc(C[n+]2ccc(-c3cc(-c4cc[n+](Cc5ccc(COCCCCCCP(=O)(O)O)cc5)cc4)no3)cc2)cc1. The van der Waals surface area contributed by atoms with E-state index < -0.39 is 15.2 Å². The molecule has 3 heterocycles. The van der Waals surface area contributed by atoms with E-state index in [1.165, 1.54) is 5.56 Å². The predicted molar refractivity (Wildman–Crippen MR) is 210 cm³/mol. The molecule has 0 spiro atoms. The van der Waals surface area contributed by atoms with Gasteiger partial charge in [-0.2, -0.15) is 0 Å². The minimum absolute atomic E-state index is 0.0440. The monoisotopic (exact) mass is 793 g/mol. The van der Waals surface area contributed by atoms with Crippen LogP contribution in [0.15, 0.2) is 108 Å². The van der Waals surface area contributed by atoms with Crippen molar-refractivity contribution in [2.24, 2.45) is 0 Å². The zero-order chi connectivity index (χ0) is 38.9. The molecule has 5 aromatic rings. The summed E-state index contributed by atoms with van der Waals surface area (Å²) < 4.78 is 49.5. The van der Waals surface area contributed by atoms with Crippen LogP contribution >= 0.6 is 15.2 Å². The molecule has 0 amide bonds. The van der Waals surface area contributed by atoms with Crippen molar-refractivity contribution in [2.45, 2.75) is 71.1 Å². The lowest BCUT2D eigenvalue weighted by molar-refractivity contribution is -0.688. The van der Waals surface area contributed by atoms with Crippen molar-refractivity contribution in [2.75, 3.05) is 32.6 Å². The third-order valence-electron chi connectivity index (χ3n) is 9.09. The van der Waals surface area contributed by atoms with Crippen LogP contribution < -0.4 is 13.7 Å². The zero-order valence-electron chi connectivity index (χ0n) is 31.4. The largest absolute Gasteiger partial charge is 0.424 e. The summed E-state index contributed by atoms with van der Waals surface area (Å²) in [7, 11) is -5.91. The lowest BCUT2D eigenvalue weighted by Crippen LogP contribution is -2.33. The molecule has 12 nitrogen and oxygen atoms in total. The first kappa shape index (κ1) is 42.2. The molecule has 55 heavy (non-hydrogen) atoms. The van der Waals surface area contributed by atoms with E-state index in [2.05, 4.69) is 34.0 Å². The average molecular weight is 794 g/mol. The minimum atomic E-state index is -3.88. The number of hydrogen-bond donors (Lipinski definition) is 3. The Kier molecular flexibility index (Phi) is 16.4. The van der Waals surface area contributed by atoms with Crippen molar-refractivity contribution >= 4 is 15.2 Å². The number of unbranched alkanes of at least 4 members (excludes halogenated alkanes) is 6. The molecule has 0 aliphatic heterocycles. The first-order chi connectivity index (χ1) is 26.5. The van der Waals surface area contributed by atoms with E-state index in [0.717, 1.165) is 73.0 Å². The molecule has 0 radical (unpaired) electrons. The summed E-state index contributed by atoms with van der Waals surface area (Å²) in [5.41, 5.74) is 5.92. The summed E-state index contributed by atoms with van der Waals surface area (Å²) in [6.07, 6.45) is 14.6. The third-order valence-corrected chi connectivity index (χ3v) is 11.4. The van der Waals surface area contributed by atoms with Crippen molar-refractivity contribution in [1.82, 2.24) is 5.16 Å². The van der Waals surface area contributed by atoms with Crippen molar-refractivity contribution in [3.8, 4) is 28.3 Å². The molecule has 0 fully saturated rings. The summed E-state index contributed by atoms with van der Waals surface area (Å²) in [6.45, 7) is 3.22. The Morgan fingerprint density at radius 2 is 1.16 bits per heavy atom. The van der Waals surface area contributed by atoms with Crippen LogP contribution in [-0.4, -0.2) is 52.5 Å². The van der Waals surface area contributed by atoms with Crippen LogP contribution in [0.4, 0.5) is 0 Å². The quantitative estimate of drug-likeness (QED) is 0.0321. The summed E-state index contributed by atoms with van der Waals surface area (Å²) >= 11 is 0. The van der Waals surface area contributed by atoms with Crippen molar-refractivity contribution in [1.29, 1.82) is 0 Å². The lowest BCUT2D eigenvalue weighted by atomic mass is 10.1. The highest BCUT2D eigenvalue weighted by molar-refractivity contribution is 7.53. The van der Waals surface area contributed by atoms with E-state index in [1.54, 1.807) is 19.2 Å². The van der Waals surface area contributed by atoms with Gasteiger partial charge in [-0.15, -0.1) is 0 Å². The van der Waals surface area contributed by atoms with Gasteiger partial charge in [-0.1, -0.05) is 55.1 Å². The highest BCUT2D eigenvalue weighted by Crippen LogP contribution is 2.43. The van der Waals surface area contributed by atoms with Gasteiger partial charge in [-0.3, -0.25) is 4.57 Å². The van der Waals surface area contributed by atoms with Crippen LogP contribution in [-0.2, 0) is 38.3 Å². The second-order valence-corrected chi connectivity index (χ2v) is 17.5. The fourth-order valence-corrected chi connectivity index (χ4v) is 7.81. The molecule has 0 bridgehead atoms. The summed E-state index contributed by atoms with van der Waals surface area (Å²) in [6, 6.07) is 25.6. The fraction of sp³-hybridized carbons (Fsp3) is 0.390. The minimum Gasteiger partial charge on any atom is -0.424 e. The van der Waals surface area contributed by atoms with Crippen LogP contribution in [0.1, 0.15) is 68.1 Å². The molecule has 2 aromatic carbocycles. The summed E-state index contributed by atoms with van der Waals surface area (Å²) in [5.74, 6) is 1.06. The number of aromatic nitrogens is 3. The van der Waals surface area contributed by atoms with Crippen LogP contribution in [0, 0.1) is 0 Å². The number of nitrogens with zero attached hydrogens (tertiary/aromatic N) is 3. The van der Waals surface area contributed by atoms with E-state index in [0.29, 0.717) is 50.7 Å². The first-order valence-electron chi connectivity index (χ1n) is 18.8. The smallest absolute Gasteiger partial charge is 0.376 e. The number of pyridine rings is 2. The van der Waals surface area contributed by atoms with Gasteiger partial charge in [0.05, 0.1) is 12.8 Å². The van der Waals surface area contributed by atoms with Gasteiger partial charge in [0, 0.05) is 79.1 Å². The average Bonchev–Trinajstić information content (AvgIpc) is 3.66.